The Kier molecular flexibility index (Phi) is 3.41. The molecule has 0 aromatic carbocycles. The van der Waals surface area contributed by atoms with E-state index in [1.165, 1.54) is 0 Å². The minimum absolute atomic E-state index is 0.355. The Hall–Kier alpha value is -1.63. The molecule has 0 aliphatic carbocycles. The molecular weight excluding hydrogens is 176 g/mol. The lowest BCUT2D eigenvalue weighted by atomic mass is 10.3. The molecule has 14 heavy (non-hydrogen) atoms. The first-order chi connectivity index (χ1) is 6.69. The summed E-state index contributed by atoms with van der Waals surface area (Å²) in [6, 6.07) is 5.86. The highest BCUT2D eigenvalue weighted by Gasteiger charge is 2.09. The predicted octanol–water partition coefficient (Wildman–Crippen LogP) is 1.58. The number of hydrogen-bond acceptors (Lipinski definition) is 4. The van der Waals surface area contributed by atoms with Gasteiger partial charge in [0.2, 0.25) is 0 Å². The van der Waals surface area contributed by atoms with Crippen LogP contribution < -0.4 is 4.90 Å². The summed E-state index contributed by atoms with van der Waals surface area (Å²) in [7, 11) is 0. The summed E-state index contributed by atoms with van der Waals surface area (Å²) < 4.78 is 0. The van der Waals surface area contributed by atoms with Crippen molar-refractivity contribution in [2.45, 2.75) is 26.8 Å². The Labute approximate surface area is 84.2 Å². The quantitative estimate of drug-likeness (QED) is 0.726. The second-order valence-electron chi connectivity index (χ2n) is 3.27. The van der Waals surface area contributed by atoms with Crippen LogP contribution in [0.1, 0.15) is 26.5 Å². The molecule has 0 amide bonds. The molecule has 0 bridgehead atoms. The largest absolute Gasteiger partial charge is 0.353 e. The van der Waals surface area contributed by atoms with Crippen LogP contribution in [0.4, 0.5) is 5.82 Å². The molecule has 0 saturated heterocycles. The first-order valence-electron chi connectivity index (χ1n) is 4.69. The van der Waals surface area contributed by atoms with E-state index in [0.717, 1.165) is 12.4 Å². The summed E-state index contributed by atoms with van der Waals surface area (Å²) in [6.45, 7) is 7.16. The van der Waals surface area contributed by atoms with Crippen molar-refractivity contribution in [2.75, 3.05) is 11.4 Å². The van der Waals surface area contributed by atoms with Crippen LogP contribution in [0.3, 0.4) is 0 Å². The second kappa shape index (κ2) is 4.56. The van der Waals surface area contributed by atoms with Gasteiger partial charge >= 0.3 is 0 Å². The summed E-state index contributed by atoms with van der Waals surface area (Å²) in [5, 5.41) is 16.4. The molecule has 74 valence electrons. The fourth-order valence-electron chi connectivity index (χ4n) is 1.33. The van der Waals surface area contributed by atoms with Crippen molar-refractivity contribution in [1.82, 2.24) is 10.2 Å². The molecule has 1 heterocycles. The third kappa shape index (κ3) is 2.19. The molecule has 0 spiro atoms. The summed E-state index contributed by atoms with van der Waals surface area (Å²) in [5.74, 6) is 0.821. The van der Waals surface area contributed by atoms with Crippen molar-refractivity contribution in [1.29, 1.82) is 5.26 Å². The smallest absolute Gasteiger partial charge is 0.163 e. The molecule has 0 saturated carbocycles. The molecule has 0 atom stereocenters. The first kappa shape index (κ1) is 10.5. The molecule has 0 radical (unpaired) electrons. The Morgan fingerprint density at radius 1 is 1.43 bits per heavy atom. The molecule has 1 aromatic rings. The Bertz CT molecular complexity index is 323. The van der Waals surface area contributed by atoms with Crippen molar-refractivity contribution in [3.63, 3.8) is 0 Å². The van der Waals surface area contributed by atoms with Crippen LogP contribution in [0.25, 0.3) is 0 Å². The predicted molar refractivity (Wildman–Crippen MR) is 54.9 cm³/mol. The highest BCUT2D eigenvalue weighted by atomic mass is 15.3. The van der Waals surface area contributed by atoms with Crippen LogP contribution in [-0.2, 0) is 0 Å². The van der Waals surface area contributed by atoms with Gasteiger partial charge in [-0.25, -0.2) is 0 Å². The van der Waals surface area contributed by atoms with Gasteiger partial charge in [0.15, 0.2) is 11.5 Å². The van der Waals surface area contributed by atoms with Crippen molar-refractivity contribution in [3.8, 4) is 6.07 Å². The van der Waals surface area contributed by atoms with Gasteiger partial charge in [0.05, 0.1) is 0 Å². The first-order valence-corrected chi connectivity index (χ1v) is 4.69. The monoisotopic (exact) mass is 190 g/mol. The summed E-state index contributed by atoms with van der Waals surface area (Å²) >= 11 is 0. The van der Waals surface area contributed by atoms with Crippen LogP contribution in [0.15, 0.2) is 12.1 Å². The van der Waals surface area contributed by atoms with Crippen LogP contribution >= 0.6 is 0 Å². The zero-order chi connectivity index (χ0) is 10.6. The minimum Gasteiger partial charge on any atom is -0.353 e. The van der Waals surface area contributed by atoms with Crippen molar-refractivity contribution in [3.05, 3.63) is 17.8 Å². The molecule has 0 aliphatic rings. The zero-order valence-electron chi connectivity index (χ0n) is 8.73. The third-order valence-corrected chi connectivity index (χ3v) is 2.02. The molecule has 0 aliphatic heterocycles. The van der Waals surface area contributed by atoms with Gasteiger partial charge in [-0.3, -0.25) is 0 Å². The van der Waals surface area contributed by atoms with E-state index in [1.54, 1.807) is 6.07 Å². The number of anilines is 1. The third-order valence-electron chi connectivity index (χ3n) is 2.02. The second-order valence-corrected chi connectivity index (χ2v) is 3.27. The maximum atomic E-state index is 8.57. The zero-order valence-corrected chi connectivity index (χ0v) is 8.73. The van der Waals surface area contributed by atoms with Crippen LogP contribution in [0, 0.1) is 11.3 Å². The van der Waals surface area contributed by atoms with Crippen molar-refractivity contribution in [2.24, 2.45) is 0 Å². The highest BCUT2D eigenvalue weighted by molar-refractivity contribution is 5.39. The van der Waals surface area contributed by atoms with E-state index >= 15 is 0 Å². The van der Waals surface area contributed by atoms with E-state index in [9.17, 15) is 0 Å². The van der Waals surface area contributed by atoms with Gasteiger partial charge in [-0.15, -0.1) is 10.2 Å². The topological polar surface area (TPSA) is 52.8 Å². The average molecular weight is 190 g/mol. The lowest BCUT2D eigenvalue weighted by molar-refractivity contribution is 0.686. The fourth-order valence-corrected chi connectivity index (χ4v) is 1.33. The van der Waals surface area contributed by atoms with E-state index < -0.39 is 0 Å². The fraction of sp³-hybridized carbons (Fsp3) is 0.500. The standard InChI is InChI=1S/C10H14N4/c1-4-14(8(2)3)10-6-5-9(7-11)12-13-10/h5-6,8H,4H2,1-3H3. The maximum absolute atomic E-state index is 8.57. The Morgan fingerprint density at radius 2 is 2.14 bits per heavy atom. The normalized spacial score (nSPS) is 9.93. The lowest BCUT2D eigenvalue weighted by Gasteiger charge is -2.25. The van der Waals surface area contributed by atoms with Crippen molar-refractivity contribution >= 4 is 5.82 Å². The number of nitrogens with zero attached hydrogens (tertiary/aromatic N) is 4. The van der Waals surface area contributed by atoms with Crippen molar-refractivity contribution < 1.29 is 0 Å². The Morgan fingerprint density at radius 3 is 2.50 bits per heavy atom. The van der Waals surface area contributed by atoms with Gasteiger partial charge in [-0.05, 0) is 32.9 Å². The number of nitriles is 1. The molecule has 0 N–H and O–H groups in total. The summed E-state index contributed by atoms with van der Waals surface area (Å²) in [5.41, 5.74) is 0.355. The summed E-state index contributed by atoms with van der Waals surface area (Å²) in [4.78, 5) is 2.12. The molecule has 4 heteroatoms. The number of rotatable bonds is 3. The van der Waals surface area contributed by atoms with E-state index in [4.69, 9.17) is 5.26 Å². The van der Waals surface area contributed by atoms with Gasteiger partial charge in [-0.1, -0.05) is 0 Å². The van der Waals surface area contributed by atoms with Gasteiger partial charge in [0.1, 0.15) is 6.07 Å². The molecule has 1 rings (SSSR count). The van der Waals surface area contributed by atoms with E-state index in [1.807, 2.05) is 12.1 Å². The minimum atomic E-state index is 0.355. The van der Waals surface area contributed by atoms with Crippen LogP contribution in [0.2, 0.25) is 0 Å². The van der Waals surface area contributed by atoms with E-state index in [0.29, 0.717) is 11.7 Å². The molecular formula is C10H14N4. The molecule has 1 aromatic heterocycles. The van der Waals surface area contributed by atoms with Gasteiger partial charge in [-0.2, -0.15) is 5.26 Å². The molecule has 0 unspecified atom stereocenters. The van der Waals surface area contributed by atoms with E-state index in [-0.39, 0.29) is 0 Å². The van der Waals surface area contributed by atoms with Gasteiger partial charge in [0.25, 0.3) is 0 Å². The van der Waals surface area contributed by atoms with Crippen LogP contribution in [0.5, 0.6) is 0 Å². The average Bonchev–Trinajstić information content (AvgIpc) is 2.19. The Balaban J connectivity index is 2.90. The highest BCUT2D eigenvalue weighted by Crippen LogP contribution is 2.11. The number of hydrogen-bond donors (Lipinski definition) is 0. The molecule has 0 fully saturated rings. The van der Waals surface area contributed by atoms with E-state index in [2.05, 4.69) is 35.9 Å². The van der Waals surface area contributed by atoms with Gasteiger partial charge < -0.3 is 4.90 Å². The SMILES string of the molecule is CCN(c1ccc(C#N)nn1)C(C)C. The maximum Gasteiger partial charge on any atom is 0.163 e. The molecule has 4 nitrogen and oxygen atoms in total. The summed E-state index contributed by atoms with van der Waals surface area (Å²) in [6.07, 6.45) is 0. The number of aromatic nitrogens is 2. The lowest BCUT2D eigenvalue weighted by Crippen LogP contribution is -2.31. The van der Waals surface area contributed by atoms with Gasteiger partial charge in [0, 0.05) is 12.6 Å². The van der Waals surface area contributed by atoms with Crippen LogP contribution in [-0.4, -0.2) is 22.8 Å².